The van der Waals surface area contributed by atoms with Crippen LogP contribution in [0.15, 0.2) is 16.3 Å². The van der Waals surface area contributed by atoms with Gasteiger partial charge < -0.3 is 11.1 Å². The van der Waals surface area contributed by atoms with Gasteiger partial charge in [-0.25, -0.2) is 8.42 Å². The molecule has 0 unspecified atom stereocenters. The Kier molecular flexibility index (Phi) is 5.26. The van der Waals surface area contributed by atoms with Crippen LogP contribution >= 0.6 is 11.3 Å². The number of carbonyl (C=O) groups is 1. The summed E-state index contributed by atoms with van der Waals surface area (Å²) in [5, 5.41) is 2.84. The molecule has 8 heteroatoms. The standard InChI is InChI=1S/C14H23N3O3S2/c1-14(2,10-15)16-12(18)9-11-5-6-13(21-11)22(19,20)17-7-3-4-8-17/h5-6H,3-4,7-10,15H2,1-2H3,(H,16,18). The Hall–Kier alpha value is -0.960. The quantitative estimate of drug-likeness (QED) is 0.802. The van der Waals surface area contributed by atoms with Crippen molar-refractivity contribution in [1.82, 2.24) is 9.62 Å². The average Bonchev–Trinajstić information content (AvgIpc) is 3.09. The van der Waals surface area contributed by atoms with Gasteiger partial charge in [-0.2, -0.15) is 4.31 Å². The first-order valence-corrected chi connectivity index (χ1v) is 9.60. The zero-order chi connectivity index (χ0) is 16.4. The van der Waals surface area contributed by atoms with Gasteiger partial charge in [0.2, 0.25) is 5.91 Å². The zero-order valence-electron chi connectivity index (χ0n) is 13.0. The van der Waals surface area contributed by atoms with Crippen LogP contribution in [0.25, 0.3) is 0 Å². The van der Waals surface area contributed by atoms with Gasteiger partial charge in [0.1, 0.15) is 4.21 Å². The van der Waals surface area contributed by atoms with Gasteiger partial charge in [0, 0.05) is 30.1 Å². The number of nitrogens with one attached hydrogen (secondary N) is 1. The van der Waals surface area contributed by atoms with E-state index in [4.69, 9.17) is 5.73 Å². The Balaban J connectivity index is 2.04. The summed E-state index contributed by atoms with van der Waals surface area (Å²) in [5.41, 5.74) is 5.12. The largest absolute Gasteiger partial charge is 0.350 e. The van der Waals surface area contributed by atoms with Crippen molar-refractivity contribution in [2.45, 2.75) is 42.9 Å². The van der Waals surface area contributed by atoms with Crippen LogP contribution in [-0.4, -0.2) is 43.8 Å². The van der Waals surface area contributed by atoms with Crippen LogP contribution in [0.4, 0.5) is 0 Å². The molecule has 0 aliphatic carbocycles. The monoisotopic (exact) mass is 345 g/mol. The van der Waals surface area contributed by atoms with E-state index in [0.29, 0.717) is 23.8 Å². The van der Waals surface area contributed by atoms with Gasteiger partial charge in [-0.15, -0.1) is 11.3 Å². The van der Waals surface area contributed by atoms with Crippen molar-refractivity contribution in [3.8, 4) is 0 Å². The summed E-state index contributed by atoms with van der Waals surface area (Å²) in [5.74, 6) is -0.151. The number of sulfonamides is 1. The highest BCUT2D eigenvalue weighted by Gasteiger charge is 2.28. The first kappa shape index (κ1) is 17.4. The molecular formula is C14H23N3O3S2. The van der Waals surface area contributed by atoms with Crippen molar-refractivity contribution < 1.29 is 13.2 Å². The molecule has 0 bridgehead atoms. The number of carbonyl (C=O) groups excluding carboxylic acids is 1. The van der Waals surface area contributed by atoms with E-state index in [1.54, 1.807) is 12.1 Å². The molecule has 1 aliphatic rings. The van der Waals surface area contributed by atoms with E-state index in [9.17, 15) is 13.2 Å². The van der Waals surface area contributed by atoms with Crippen LogP contribution in [0.2, 0.25) is 0 Å². The lowest BCUT2D eigenvalue weighted by Crippen LogP contribution is -2.49. The maximum Gasteiger partial charge on any atom is 0.252 e. The highest BCUT2D eigenvalue weighted by atomic mass is 32.2. The molecule has 0 atom stereocenters. The topological polar surface area (TPSA) is 92.5 Å². The van der Waals surface area contributed by atoms with Crippen molar-refractivity contribution in [2.24, 2.45) is 5.73 Å². The van der Waals surface area contributed by atoms with Gasteiger partial charge in [-0.05, 0) is 38.8 Å². The molecule has 124 valence electrons. The molecule has 1 fully saturated rings. The predicted molar refractivity (Wildman–Crippen MR) is 87.3 cm³/mol. The second-order valence-corrected chi connectivity index (χ2v) is 9.48. The van der Waals surface area contributed by atoms with Crippen molar-refractivity contribution in [3.63, 3.8) is 0 Å². The lowest BCUT2D eigenvalue weighted by Gasteiger charge is -2.23. The molecule has 1 amide bonds. The molecule has 0 aromatic carbocycles. The fourth-order valence-corrected chi connectivity index (χ4v) is 5.30. The van der Waals surface area contributed by atoms with Crippen LogP contribution in [0.5, 0.6) is 0 Å². The fraction of sp³-hybridized carbons (Fsp3) is 0.643. The van der Waals surface area contributed by atoms with Gasteiger partial charge in [-0.1, -0.05) is 0 Å². The van der Waals surface area contributed by atoms with E-state index < -0.39 is 15.6 Å². The second kappa shape index (κ2) is 6.66. The SMILES string of the molecule is CC(C)(CN)NC(=O)Cc1ccc(S(=O)(=O)N2CCCC2)s1. The molecule has 2 heterocycles. The number of nitrogens with two attached hydrogens (primary N) is 1. The highest BCUT2D eigenvalue weighted by Crippen LogP contribution is 2.27. The van der Waals surface area contributed by atoms with E-state index >= 15 is 0 Å². The van der Waals surface area contributed by atoms with E-state index in [1.165, 1.54) is 15.6 Å². The lowest BCUT2D eigenvalue weighted by atomic mass is 10.1. The molecule has 0 saturated carbocycles. The first-order chi connectivity index (χ1) is 10.2. The molecule has 0 spiro atoms. The summed E-state index contributed by atoms with van der Waals surface area (Å²) in [6, 6.07) is 3.30. The Labute approximate surface area is 135 Å². The third-order valence-electron chi connectivity index (χ3n) is 3.62. The molecule has 1 aromatic heterocycles. The minimum atomic E-state index is -3.39. The zero-order valence-corrected chi connectivity index (χ0v) is 14.6. The fourth-order valence-electron chi connectivity index (χ4n) is 2.28. The molecule has 6 nitrogen and oxygen atoms in total. The molecule has 3 N–H and O–H groups in total. The molecule has 1 aliphatic heterocycles. The highest BCUT2D eigenvalue weighted by molar-refractivity contribution is 7.91. The van der Waals surface area contributed by atoms with Crippen molar-refractivity contribution in [3.05, 3.63) is 17.0 Å². The summed E-state index contributed by atoms with van der Waals surface area (Å²) in [7, 11) is -3.39. The Bertz CT molecular complexity index is 632. The Morgan fingerprint density at radius 2 is 2.00 bits per heavy atom. The summed E-state index contributed by atoms with van der Waals surface area (Å²) in [6.07, 6.45) is 1.99. The van der Waals surface area contributed by atoms with E-state index in [-0.39, 0.29) is 12.3 Å². The minimum absolute atomic E-state index is 0.151. The summed E-state index contributed by atoms with van der Waals surface area (Å²) in [6.45, 7) is 5.21. The molecule has 0 radical (unpaired) electrons. The maximum atomic E-state index is 12.4. The molecule has 1 saturated heterocycles. The normalized spacial score (nSPS) is 16.9. The van der Waals surface area contributed by atoms with Crippen LogP contribution in [0, 0.1) is 0 Å². The van der Waals surface area contributed by atoms with Crippen molar-refractivity contribution in [2.75, 3.05) is 19.6 Å². The molecule has 2 rings (SSSR count). The maximum absolute atomic E-state index is 12.4. The minimum Gasteiger partial charge on any atom is -0.350 e. The van der Waals surface area contributed by atoms with Gasteiger partial charge in [0.05, 0.1) is 6.42 Å². The predicted octanol–water partition coefficient (Wildman–Crippen LogP) is 0.929. The first-order valence-electron chi connectivity index (χ1n) is 7.34. The number of hydrogen-bond acceptors (Lipinski definition) is 5. The smallest absolute Gasteiger partial charge is 0.252 e. The third kappa shape index (κ3) is 4.07. The lowest BCUT2D eigenvalue weighted by molar-refractivity contribution is -0.121. The molecular weight excluding hydrogens is 322 g/mol. The average molecular weight is 345 g/mol. The third-order valence-corrected chi connectivity index (χ3v) is 7.07. The number of rotatable bonds is 6. The number of hydrogen-bond donors (Lipinski definition) is 2. The van der Waals surface area contributed by atoms with Gasteiger partial charge in [0.15, 0.2) is 0 Å². The van der Waals surface area contributed by atoms with Crippen LogP contribution in [0.3, 0.4) is 0 Å². The van der Waals surface area contributed by atoms with E-state index in [1.807, 2.05) is 13.8 Å². The van der Waals surface area contributed by atoms with Gasteiger partial charge in [0.25, 0.3) is 10.0 Å². The van der Waals surface area contributed by atoms with Crippen LogP contribution in [0.1, 0.15) is 31.6 Å². The van der Waals surface area contributed by atoms with Gasteiger partial charge >= 0.3 is 0 Å². The van der Waals surface area contributed by atoms with Crippen LogP contribution < -0.4 is 11.1 Å². The summed E-state index contributed by atoms with van der Waals surface area (Å²) in [4.78, 5) is 12.7. The molecule has 22 heavy (non-hydrogen) atoms. The Morgan fingerprint density at radius 1 is 1.36 bits per heavy atom. The number of amides is 1. The summed E-state index contributed by atoms with van der Waals surface area (Å²) < 4.78 is 26.7. The number of thiophene rings is 1. The molecule has 1 aromatic rings. The van der Waals surface area contributed by atoms with E-state index in [2.05, 4.69) is 5.32 Å². The van der Waals surface area contributed by atoms with Gasteiger partial charge in [-0.3, -0.25) is 4.79 Å². The summed E-state index contributed by atoms with van der Waals surface area (Å²) >= 11 is 1.17. The number of nitrogens with zero attached hydrogens (tertiary/aromatic N) is 1. The van der Waals surface area contributed by atoms with Crippen molar-refractivity contribution >= 4 is 27.3 Å². The van der Waals surface area contributed by atoms with E-state index in [0.717, 1.165) is 17.7 Å². The van der Waals surface area contributed by atoms with Crippen LogP contribution in [-0.2, 0) is 21.2 Å². The second-order valence-electron chi connectivity index (χ2n) is 6.14. The van der Waals surface area contributed by atoms with Crippen molar-refractivity contribution in [1.29, 1.82) is 0 Å². The Morgan fingerprint density at radius 3 is 2.59 bits per heavy atom.